The molecule has 1 rings (SSSR count). The summed E-state index contributed by atoms with van der Waals surface area (Å²) >= 11 is 0. The first kappa shape index (κ1) is 13.0. The number of ketones is 1. The van der Waals surface area contributed by atoms with Crippen molar-refractivity contribution in [2.45, 2.75) is 20.3 Å². The van der Waals surface area contributed by atoms with Gasteiger partial charge in [0.2, 0.25) is 0 Å². The maximum atomic E-state index is 11.2. The first-order valence-electron chi connectivity index (χ1n) is 5.22. The van der Waals surface area contributed by atoms with Gasteiger partial charge in [0.15, 0.2) is 5.78 Å². The first-order chi connectivity index (χ1) is 8.04. The second-order valence-corrected chi connectivity index (χ2v) is 3.64. The van der Waals surface area contributed by atoms with Crippen molar-refractivity contribution in [3.63, 3.8) is 0 Å². The van der Waals surface area contributed by atoms with Crippen LogP contribution in [0, 0.1) is 18.8 Å². The Hall–Kier alpha value is -2.08. The van der Waals surface area contributed by atoms with Crippen molar-refractivity contribution in [2.75, 3.05) is 7.11 Å². The lowest BCUT2D eigenvalue weighted by atomic mass is 10.0. The Morgan fingerprint density at radius 3 is 2.59 bits per heavy atom. The van der Waals surface area contributed by atoms with Crippen LogP contribution in [0.5, 0.6) is 0 Å². The van der Waals surface area contributed by atoms with Gasteiger partial charge >= 0.3 is 5.97 Å². The molecular formula is C14H14O3. The van der Waals surface area contributed by atoms with Crippen LogP contribution in [0.4, 0.5) is 0 Å². The average molecular weight is 230 g/mol. The van der Waals surface area contributed by atoms with Gasteiger partial charge in [0.25, 0.3) is 0 Å². The quantitative estimate of drug-likeness (QED) is 0.444. The number of esters is 1. The third-order valence-electron chi connectivity index (χ3n) is 2.32. The second-order valence-electron chi connectivity index (χ2n) is 3.64. The molecule has 0 aliphatic rings. The van der Waals surface area contributed by atoms with Gasteiger partial charge in [-0.2, -0.15) is 0 Å². The molecule has 1 aromatic rings. The second kappa shape index (κ2) is 5.86. The number of benzene rings is 1. The van der Waals surface area contributed by atoms with Gasteiger partial charge in [0.1, 0.15) is 6.42 Å². The Bertz CT molecular complexity index is 504. The van der Waals surface area contributed by atoms with E-state index < -0.39 is 0 Å². The summed E-state index contributed by atoms with van der Waals surface area (Å²) in [5.74, 6) is 5.29. The Kier molecular flexibility index (Phi) is 4.47. The minimum atomic E-state index is -0.351. The van der Waals surface area contributed by atoms with Crippen molar-refractivity contribution in [1.29, 1.82) is 0 Å². The molecule has 17 heavy (non-hydrogen) atoms. The van der Waals surface area contributed by atoms with Crippen molar-refractivity contribution < 1.29 is 14.3 Å². The van der Waals surface area contributed by atoms with Gasteiger partial charge in [-0.1, -0.05) is 17.9 Å². The minimum absolute atomic E-state index is 0.0298. The normalized spacial score (nSPS) is 9.12. The zero-order valence-corrected chi connectivity index (χ0v) is 10.2. The largest absolute Gasteiger partial charge is 0.468 e. The molecule has 1 aromatic carbocycles. The average Bonchev–Trinajstić information content (AvgIpc) is 2.30. The number of hydrogen-bond acceptors (Lipinski definition) is 3. The van der Waals surface area contributed by atoms with Gasteiger partial charge in [-0.05, 0) is 31.5 Å². The van der Waals surface area contributed by atoms with Crippen LogP contribution in [0.3, 0.4) is 0 Å². The van der Waals surface area contributed by atoms with Gasteiger partial charge in [0, 0.05) is 11.1 Å². The summed E-state index contributed by atoms with van der Waals surface area (Å²) in [5, 5.41) is 0. The molecule has 0 atom stereocenters. The molecule has 0 radical (unpaired) electrons. The van der Waals surface area contributed by atoms with E-state index in [1.54, 1.807) is 18.2 Å². The minimum Gasteiger partial charge on any atom is -0.468 e. The number of methoxy groups -OCH3 is 1. The lowest BCUT2D eigenvalue weighted by molar-refractivity contribution is -0.139. The monoisotopic (exact) mass is 230 g/mol. The fourth-order valence-corrected chi connectivity index (χ4v) is 1.31. The number of rotatable bonds is 2. The summed E-state index contributed by atoms with van der Waals surface area (Å²) in [6.45, 7) is 3.41. The van der Waals surface area contributed by atoms with E-state index in [2.05, 4.69) is 16.6 Å². The number of carbonyl (C=O) groups excluding carboxylic acids is 2. The predicted molar refractivity (Wildman–Crippen MR) is 64.7 cm³/mol. The van der Waals surface area contributed by atoms with E-state index in [1.165, 1.54) is 14.0 Å². The van der Waals surface area contributed by atoms with Crippen LogP contribution in [0.1, 0.15) is 34.8 Å². The van der Waals surface area contributed by atoms with Gasteiger partial charge in [0.05, 0.1) is 7.11 Å². The summed E-state index contributed by atoms with van der Waals surface area (Å²) in [7, 11) is 1.33. The Morgan fingerprint density at radius 1 is 1.35 bits per heavy atom. The maximum absolute atomic E-state index is 11.2. The zero-order valence-electron chi connectivity index (χ0n) is 10.2. The molecule has 0 spiro atoms. The van der Waals surface area contributed by atoms with Crippen LogP contribution >= 0.6 is 0 Å². The summed E-state index contributed by atoms with van der Waals surface area (Å²) in [5.41, 5.74) is 2.41. The van der Waals surface area contributed by atoms with Crippen molar-refractivity contribution >= 4 is 11.8 Å². The van der Waals surface area contributed by atoms with E-state index in [-0.39, 0.29) is 18.2 Å². The number of ether oxygens (including phenoxy) is 1. The third kappa shape index (κ3) is 3.76. The smallest absolute Gasteiger partial charge is 0.317 e. The molecule has 0 N–H and O–H groups in total. The molecule has 3 heteroatoms. The van der Waals surface area contributed by atoms with Crippen molar-refractivity contribution in [1.82, 2.24) is 0 Å². The van der Waals surface area contributed by atoms with E-state index in [0.29, 0.717) is 5.56 Å². The lowest BCUT2D eigenvalue weighted by Crippen LogP contribution is -1.97. The van der Waals surface area contributed by atoms with Crippen LogP contribution in [0.25, 0.3) is 0 Å². The van der Waals surface area contributed by atoms with E-state index in [4.69, 9.17) is 0 Å². The van der Waals surface area contributed by atoms with Gasteiger partial charge in [-0.15, -0.1) is 0 Å². The van der Waals surface area contributed by atoms with Crippen LogP contribution in [0.2, 0.25) is 0 Å². The van der Waals surface area contributed by atoms with E-state index in [1.807, 2.05) is 6.92 Å². The molecule has 3 nitrogen and oxygen atoms in total. The number of Topliss-reactive ketones (excluding diaryl/α,β-unsaturated/α-hetero) is 1. The summed E-state index contributed by atoms with van der Waals surface area (Å²) in [6, 6.07) is 5.32. The Morgan fingerprint density at radius 2 is 2.06 bits per heavy atom. The maximum Gasteiger partial charge on any atom is 0.317 e. The summed E-state index contributed by atoms with van der Waals surface area (Å²) in [6.07, 6.45) is 0.0738. The highest BCUT2D eigenvalue weighted by Gasteiger charge is 2.01. The predicted octanol–water partition coefficient (Wildman–Crippen LogP) is 2.11. The highest BCUT2D eigenvalue weighted by molar-refractivity contribution is 5.94. The van der Waals surface area contributed by atoms with Crippen LogP contribution in [0.15, 0.2) is 18.2 Å². The Balaban J connectivity index is 2.86. The fraction of sp³-hybridized carbons (Fsp3) is 0.286. The fourth-order valence-electron chi connectivity index (χ4n) is 1.31. The summed E-state index contributed by atoms with van der Waals surface area (Å²) < 4.78 is 4.48. The first-order valence-corrected chi connectivity index (χ1v) is 5.22. The molecule has 0 saturated heterocycles. The molecule has 0 fully saturated rings. The topological polar surface area (TPSA) is 43.4 Å². The van der Waals surface area contributed by atoms with Gasteiger partial charge in [-0.3, -0.25) is 9.59 Å². The highest BCUT2D eigenvalue weighted by Crippen LogP contribution is 2.10. The van der Waals surface area contributed by atoms with Crippen LogP contribution in [-0.2, 0) is 9.53 Å². The molecule has 0 amide bonds. The van der Waals surface area contributed by atoms with Crippen molar-refractivity contribution in [3.8, 4) is 11.8 Å². The zero-order chi connectivity index (χ0) is 12.8. The highest BCUT2D eigenvalue weighted by atomic mass is 16.5. The molecule has 88 valence electrons. The molecule has 0 bridgehead atoms. The lowest BCUT2D eigenvalue weighted by Gasteiger charge is -2.00. The molecular weight excluding hydrogens is 216 g/mol. The number of hydrogen-bond donors (Lipinski definition) is 0. The van der Waals surface area contributed by atoms with Crippen molar-refractivity contribution in [3.05, 3.63) is 34.9 Å². The third-order valence-corrected chi connectivity index (χ3v) is 2.32. The SMILES string of the molecule is COC(=O)CC#Cc1ccc(C(C)=O)cc1C. The standard InChI is InChI=1S/C14H14O3/c1-10-9-13(11(2)15)8-7-12(10)5-4-6-14(16)17-3/h7-9H,6H2,1-3H3. The van der Waals surface area contributed by atoms with Crippen LogP contribution < -0.4 is 0 Å². The van der Waals surface area contributed by atoms with Crippen LogP contribution in [-0.4, -0.2) is 18.9 Å². The molecule has 0 aliphatic heterocycles. The Labute approximate surface area is 101 Å². The molecule has 0 aromatic heterocycles. The van der Waals surface area contributed by atoms with E-state index >= 15 is 0 Å². The summed E-state index contributed by atoms with van der Waals surface area (Å²) in [4.78, 5) is 22.0. The molecule has 0 aliphatic carbocycles. The van der Waals surface area contributed by atoms with E-state index in [9.17, 15) is 9.59 Å². The molecule has 0 unspecified atom stereocenters. The van der Waals surface area contributed by atoms with Gasteiger partial charge < -0.3 is 4.74 Å². The van der Waals surface area contributed by atoms with Crippen molar-refractivity contribution in [2.24, 2.45) is 0 Å². The van der Waals surface area contributed by atoms with Gasteiger partial charge in [-0.25, -0.2) is 0 Å². The molecule has 0 saturated carbocycles. The molecule has 0 heterocycles. The number of aryl methyl sites for hydroxylation is 1. The van der Waals surface area contributed by atoms with E-state index in [0.717, 1.165) is 11.1 Å². The number of carbonyl (C=O) groups is 2.